The molecule has 4 rings (SSSR count). The normalized spacial score (nSPS) is 19.4. The number of amidine groups is 1. The van der Waals surface area contributed by atoms with E-state index in [-0.39, 0.29) is 0 Å². The molecule has 0 aliphatic carbocycles. The molecule has 1 aromatic heterocycles. The van der Waals surface area contributed by atoms with Gasteiger partial charge < -0.3 is 10.0 Å². The predicted molar refractivity (Wildman–Crippen MR) is 91.8 cm³/mol. The van der Waals surface area contributed by atoms with E-state index in [4.69, 9.17) is 0 Å². The lowest BCUT2D eigenvalue weighted by molar-refractivity contribution is 0.240. The second kappa shape index (κ2) is 4.87. The Labute approximate surface area is 132 Å². The van der Waals surface area contributed by atoms with Gasteiger partial charge in [-0.2, -0.15) is 0 Å². The van der Waals surface area contributed by atoms with Crippen molar-refractivity contribution in [2.24, 2.45) is 4.99 Å². The Balaban J connectivity index is 1.90. The van der Waals surface area contributed by atoms with Crippen LogP contribution < -0.4 is 0 Å². The summed E-state index contributed by atoms with van der Waals surface area (Å²) in [6, 6.07) is 6.60. The van der Waals surface area contributed by atoms with Crippen molar-refractivity contribution in [3.8, 4) is 0 Å². The number of thiophene rings is 1. The monoisotopic (exact) mass is 316 g/mol. The molecule has 3 heterocycles. The van der Waals surface area contributed by atoms with Gasteiger partial charge in [0.25, 0.3) is 0 Å². The zero-order valence-electron chi connectivity index (χ0n) is 12.0. The van der Waals surface area contributed by atoms with E-state index in [1.165, 1.54) is 21.2 Å². The molecule has 5 heteroatoms. The Morgan fingerprint density at radius 3 is 3.05 bits per heavy atom. The van der Waals surface area contributed by atoms with E-state index in [2.05, 4.69) is 40.4 Å². The molecule has 1 atom stereocenters. The van der Waals surface area contributed by atoms with Crippen LogP contribution in [0, 0.1) is 6.92 Å². The van der Waals surface area contributed by atoms with Crippen molar-refractivity contribution in [3.63, 3.8) is 0 Å². The third-order valence-corrected chi connectivity index (χ3v) is 6.29. The van der Waals surface area contributed by atoms with Crippen molar-refractivity contribution in [2.75, 3.05) is 13.1 Å². The summed E-state index contributed by atoms with van der Waals surface area (Å²) in [6.07, 6.45) is -0.461. The highest BCUT2D eigenvalue weighted by atomic mass is 32.2. The standard InChI is InChI=1S/C16H16N2OS2/c1-9-8-20-13-4-3-11(7-12(9)13)14-15(10(2)19)21-16-17-5-6-18(14)16/h3-4,7-8,10,19H,5-6H2,1-2H3. The van der Waals surface area contributed by atoms with Crippen molar-refractivity contribution >= 4 is 44.0 Å². The summed E-state index contributed by atoms with van der Waals surface area (Å²) in [5.41, 5.74) is 3.63. The summed E-state index contributed by atoms with van der Waals surface area (Å²) < 4.78 is 1.32. The van der Waals surface area contributed by atoms with Crippen molar-refractivity contribution in [1.82, 2.24) is 4.90 Å². The Bertz CT molecular complexity index is 789. The fraction of sp³-hybridized carbons (Fsp3) is 0.312. The van der Waals surface area contributed by atoms with E-state index < -0.39 is 6.10 Å². The number of fused-ring (bicyclic) bond motifs is 2. The van der Waals surface area contributed by atoms with E-state index in [0.29, 0.717) is 0 Å². The maximum Gasteiger partial charge on any atom is 0.168 e. The van der Waals surface area contributed by atoms with Gasteiger partial charge in [0, 0.05) is 16.1 Å². The fourth-order valence-corrected chi connectivity index (χ4v) is 4.95. The van der Waals surface area contributed by atoms with E-state index in [9.17, 15) is 5.11 Å². The minimum absolute atomic E-state index is 0.461. The number of thioether (sulfide) groups is 1. The predicted octanol–water partition coefficient (Wildman–Crippen LogP) is 3.68. The van der Waals surface area contributed by atoms with Gasteiger partial charge in [0.05, 0.1) is 18.3 Å². The fourth-order valence-electron chi connectivity index (χ4n) is 2.89. The zero-order chi connectivity index (χ0) is 14.6. The lowest BCUT2D eigenvalue weighted by Crippen LogP contribution is -2.20. The average molecular weight is 316 g/mol. The first-order valence-corrected chi connectivity index (χ1v) is 8.75. The third-order valence-electron chi connectivity index (χ3n) is 3.93. The number of hydrogen-bond donors (Lipinski definition) is 1. The van der Waals surface area contributed by atoms with Crippen LogP contribution in [0.5, 0.6) is 0 Å². The Morgan fingerprint density at radius 1 is 1.38 bits per heavy atom. The molecule has 2 aliphatic heterocycles. The first kappa shape index (κ1) is 13.4. The summed E-state index contributed by atoms with van der Waals surface area (Å²) in [5, 5.41) is 14.6. The average Bonchev–Trinajstić information content (AvgIpc) is 3.12. The number of benzene rings is 1. The topological polar surface area (TPSA) is 35.8 Å². The quantitative estimate of drug-likeness (QED) is 0.918. The van der Waals surface area contributed by atoms with Gasteiger partial charge in [-0.15, -0.1) is 11.3 Å². The highest BCUT2D eigenvalue weighted by Gasteiger charge is 2.34. The Hall–Kier alpha value is -1.30. The Kier molecular flexibility index (Phi) is 3.10. The van der Waals surface area contributed by atoms with Crippen LogP contribution in [0.3, 0.4) is 0 Å². The van der Waals surface area contributed by atoms with Gasteiger partial charge in [0.2, 0.25) is 0 Å². The van der Waals surface area contributed by atoms with E-state index in [0.717, 1.165) is 28.9 Å². The third kappa shape index (κ3) is 2.03. The van der Waals surface area contributed by atoms with E-state index >= 15 is 0 Å². The number of aliphatic imine (C=N–C) groups is 1. The van der Waals surface area contributed by atoms with Crippen LogP contribution in [0.1, 0.15) is 18.1 Å². The summed E-state index contributed by atoms with van der Waals surface area (Å²) in [7, 11) is 0. The molecule has 1 aromatic carbocycles. The van der Waals surface area contributed by atoms with Gasteiger partial charge in [-0.05, 0) is 47.9 Å². The molecule has 108 valence electrons. The number of rotatable bonds is 2. The van der Waals surface area contributed by atoms with E-state index in [1.54, 1.807) is 23.1 Å². The zero-order valence-corrected chi connectivity index (χ0v) is 13.6. The molecule has 0 saturated carbocycles. The van der Waals surface area contributed by atoms with Crippen LogP contribution in [0.2, 0.25) is 0 Å². The molecule has 2 aliphatic rings. The highest BCUT2D eigenvalue weighted by molar-refractivity contribution is 8.17. The van der Waals surface area contributed by atoms with Gasteiger partial charge in [-0.25, -0.2) is 0 Å². The van der Waals surface area contributed by atoms with Crippen LogP contribution in [-0.2, 0) is 0 Å². The molecule has 0 bridgehead atoms. The molecule has 0 radical (unpaired) electrons. The number of aryl methyl sites for hydroxylation is 1. The maximum atomic E-state index is 10.1. The lowest BCUT2D eigenvalue weighted by atomic mass is 10.1. The number of hydrogen-bond acceptors (Lipinski definition) is 5. The van der Waals surface area contributed by atoms with Gasteiger partial charge in [-0.1, -0.05) is 17.8 Å². The van der Waals surface area contributed by atoms with Crippen LogP contribution >= 0.6 is 23.1 Å². The molecule has 0 spiro atoms. The van der Waals surface area contributed by atoms with Gasteiger partial charge >= 0.3 is 0 Å². The molecule has 2 aromatic rings. The molecule has 1 N–H and O–H groups in total. The summed E-state index contributed by atoms with van der Waals surface area (Å²) in [6.45, 7) is 5.74. The molecule has 0 fully saturated rings. The van der Waals surface area contributed by atoms with Crippen LogP contribution in [0.25, 0.3) is 15.8 Å². The smallest absolute Gasteiger partial charge is 0.168 e. The van der Waals surface area contributed by atoms with Crippen molar-refractivity contribution in [3.05, 3.63) is 39.6 Å². The lowest BCUT2D eigenvalue weighted by Gasteiger charge is -2.18. The molecular formula is C16H16N2OS2. The minimum Gasteiger partial charge on any atom is -0.388 e. The van der Waals surface area contributed by atoms with Crippen LogP contribution in [0.15, 0.2) is 33.5 Å². The maximum absolute atomic E-state index is 10.1. The van der Waals surface area contributed by atoms with Crippen molar-refractivity contribution in [1.29, 1.82) is 0 Å². The molecule has 21 heavy (non-hydrogen) atoms. The first-order chi connectivity index (χ1) is 10.1. The van der Waals surface area contributed by atoms with Crippen molar-refractivity contribution < 1.29 is 5.11 Å². The highest BCUT2D eigenvalue weighted by Crippen LogP contribution is 2.44. The summed E-state index contributed by atoms with van der Waals surface area (Å²) in [4.78, 5) is 7.79. The van der Waals surface area contributed by atoms with Crippen LogP contribution in [-0.4, -0.2) is 34.4 Å². The van der Waals surface area contributed by atoms with Gasteiger partial charge in [0.15, 0.2) is 5.17 Å². The first-order valence-electron chi connectivity index (χ1n) is 7.05. The van der Waals surface area contributed by atoms with Crippen LogP contribution in [0.4, 0.5) is 0 Å². The minimum atomic E-state index is -0.461. The number of aliphatic hydroxyl groups is 1. The number of aliphatic hydroxyl groups excluding tert-OH is 1. The summed E-state index contributed by atoms with van der Waals surface area (Å²) >= 11 is 3.40. The molecule has 1 unspecified atom stereocenters. The molecule has 0 amide bonds. The second-order valence-corrected chi connectivity index (χ2v) is 7.36. The summed E-state index contributed by atoms with van der Waals surface area (Å²) in [5.74, 6) is 0. The van der Waals surface area contributed by atoms with Crippen molar-refractivity contribution in [2.45, 2.75) is 20.0 Å². The van der Waals surface area contributed by atoms with E-state index in [1.807, 2.05) is 6.92 Å². The largest absolute Gasteiger partial charge is 0.388 e. The number of nitrogens with zero attached hydrogens (tertiary/aromatic N) is 2. The van der Waals surface area contributed by atoms with Gasteiger partial charge in [0.1, 0.15) is 0 Å². The Morgan fingerprint density at radius 2 is 2.24 bits per heavy atom. The molecular weight excluding hydrogens is 300 g/mol. The second-order valence-electron chi connectivity index (χ2n) is 5.44. The van der Waals surface area contributed by atoms with Gasteiger partial charge in [-0.3, -0.25) is 4.99 Å². The molecule has 0 saturated heterocycles. The SMILES string of the molecule is Cc1csc2ccc(C3=C(C(C)O)SC4=NCCN43)cc12. The molecule has 3 nitrogen and oxygen atoms in total.